The molecule has 2 atom stereocenters. The highest BCUT2D eigenvalue weighted by atomic mass is 16.5. The number of hydrogen-bond acceptors (Lipinski definition) is 3. The molecule has 1 aliphatic rings. The minimum Gasteiger partial charge on any atom is -0.489 e. The number of ether oxygens (including phenoxy) is 1. The van der Waals surface area contributed by atoms with E-state index < -0.39 is 0 Å². The molecular weight excluding hydrogens is 346 g/mol. The molecule has 3 aromatic rings. The summed E-state index contributed by atoms with van der Waals surface area (Å²) < 4.78 is 5.97. The Bertz CT molecular complexity index is 866. The fourth-order valence-electron chi connectivity index (χ4n) is 3.95. The van der Waals surface area contributed by atoms with Gasteiger partial charge in [-0.1, -0.05) is 72.8 Å². The van der Waals surface area contributed by atoms with Crippen molar-refractivity contribution in [2.45, 2.75) is 31.6 Å². The van der Waals surface area contributed by atoms with Crippen molar-refractivity contribution in [1.29, 1.82) is 0 Å². The van der Waals surface area contributed by atoms with Gasteiger partial charge in [-0.2, -0.15) is 0 Å². The second kappa shape index (κ2) is 9.05. The Hall–Kier alpha value is -2.62. The lowest BCUT2D eigenvalue weighted by molar-refractivity contribution is 0.0476. The van der Waals surface area contributed by atoms with Crippen LogP contribution in [0.2, 0.25) is 0 Å². The molecule has 4 rings (SSSR count). The summed E-state index contributed by atoms with van der Waals surface area (Å²) in [6.45, 7) is 3.15. The average molecular weight is 373 g/mol. The van der Waals surface area contributed by atoms with Gasteiger partial charge in [-0.3, -0.25) is 4.90 Å². The molecule has 1 saturated heterocycles. The summed E-state index contributed by atoms with van der Waals surface area (Å²) in [6, 6.07) is 28.9. The monoisotopic (exact) mass is 373 g/mol. The molecule has 1 heterocycles. The first kappa shape index (κ1) is 18.7. The molecule has 0 radical (unpaired) electrons. The van der Waals surface area contributed by atoms with Gasteiger partial charge in [0.15, 0.2) is 0 Å². The number of β-amino-alcohol motifs (C(OH)–C–C–N with tert-alkyl or cyclic N) is 1. The highest BCUT2D eigenvalue weighted by molar-refractivity contribution is 5.32. The lowest BCUT2D eigenvalue weighted by atomic mass is 9.87. The van der Waals surface area contributed by atoms with Gasteiger partial charge < -0.3 is 9.84 Å². The standard InChI is InChI=1S/C25H27NO2/c27-25-18-26(17-20-8-3-1-4-9-20)15-14-24(25)22-12-7-13-23(16-22)28-19-21-10-5-2-6-11-21/h1-13,16,24-25,27H,14-15,17-19H2/t24-,25+/m1/s1. The fourth-order valence-corrected chi connectivity index (χ4v) is 3.95. The summed E-state index contributed by atoms with van der Waals surface area (Å²) in [5.74, 6) is 1.02. The molecule has 3 nitrogen and oxygen atoms in total. The smallest absolute Gasteiger partial charge is 0.120 e. The Morgan fingerprint density at radius 1 is 0.857 bits per heavy atom. The van der Waals surface area contributed by atoms with E-state index >= 15 is 0 Å². The van der Waals surface area contributed by atoms with Gasteiger partial charge in [-0.15, -0.1) is 0 Å². The highest BCUT2D eigenvalue weighted by Gasteiger charge is 2.29. The Balaban J connectivity index is 1.36. The van der Waals surface area contributed by atoms with Crippen LogP contribution in [0.3, 0.4) is 0 Å². The molecule has 0 spiro atoms. The van der Waals surface area contributed by atoms with E-state index in [0.29, 0.717) is 13.2 Å². The minimum atomic E-state index is -0.359. The Morgan fingerprint density at radius 2 is 1.57 bits per heavy atom. The summed E-state index contributed by atoms with van der Waals surface area (Å²) in [6.07, 6.45) is 0.595. The maximum atomic E-state index is 10.8. The maximum absolute atomic E-state index is 10.8. The van der Waals surface area contributed by atoms with Crippen LogP contribution in [0.5, 0.6) is 5.75 Å². The third-order valence-corrected chi connectivity index (χ3v) is 5.45. The zero-order valence-corrected chi connectivity index (χ0v) is 16.1. The van der Waals surface area contributed by atoms with Crippen molar-refractivity contribution >= 4 is 0 Å². The number of aliphatic hydroxyl groups is 1. The predicted octanol–water partition coefficient (Wildman–Crippen LogP) is 4.62. The van der Waals surface area contributed by atoms with Crippen LogP contribution in [0.1, 0.15) is 29.0 Å². The third kappa shape index (κ3) is 4.80. The predicted molar refractivity (Wildman–Crippen MR) is 112 cm³/mol. The van der Waals surface area contributed by atoms with Crippen LogP contribution in [-0.2, 0) is 13.2 Å². The minimum absolute atomic E-state index is 0.160. The second-order valence-electron chi connectivity index (χ2n) is 7.53. The molecule has 3 heteroatoms. The van der Waals surface area contributed by atoms with Crippen LogP contribution in [0.25, 0.3) is 0 Å². The normalized spacial score (nSPS) is 20.0. The van der Waals surface area contributed by atoms with Gasteiger partial charge in [0, 0.05) is 19.0 Å². The van der Waals surface area contributed by atoms with Crippen LogP contribution in [0, 0.1) is 0 Å². The first-order valence-electron chi connectivity index (χ1n) is 9.99. The van der Waals surface area contributed by atoms with Crippen LogP contribution >= 0.6 is 0 Å². The van der Waals surface area contributed by atoms with Crippen molar-refractivity contribution < 1.29 is 9.84 Å². The number of benzene rings is 3. The molecule has 144 valence electrons. The summed E-state index contributed by atoms with van der Waals surface area (Å²) in [5, 5.41) is 10.8. The molecule has 1 N–H and O–H groups in total. The molecule has 0 aliphatic carbocycles. The molecule has 1 fully saturated rings. The van der Waals surface area contributed by atoms with E-state index in [1.54, 1.807) is 0 Å². The van der Waals surface area contributed by atoms with Crippen LogP contribution in [0.15, 0.2) is 84.9 Å². The Labute approximate surface area is 167 Å². The van der Waals surface area contributed by atoms with Crippen molar-refractivity contribution in [3.8, 4) is 5.75 Å². The molecular formula is C25H27NO2. The third-order valence-electron chi connectivity index (χ3n) is 5.45. The molecule has 0 aromatic heterocycles. The number of hydrogen-bond donors (Lipinski definition) is 1. The fraction of sp³-hybridized carbons (Fsp3) is 0.280. The molecule has 0 unspecified atom stereocenters. The molecule has 0 amide bonds. The lowest BCUT2D eigenvalue weighted by Crippen LogP contribution is -2.42. The van der Waals surface area contributed by atoms with E-state index in [1.807, 2.05) is 36.4 Å². The van der Waals surface area contributed by atoms with Gasteiger partial charge >= 0.3 is 0 Å². The van der Waals surface area contributed by atoms with Crippen molar-refractivity contribution in [3.05, 3.63) is 102 Å². The number of aliphatic hydroxyl groups excluding tert-OH is 1. The quantitative estimate of drug-likeness (QED) is 0.685. The average Bonchev–Trinajstić information content (AvgIpc) is 2.74. The van der Waals surface area contributed by atoms with Gasteiger partial charge in [0.05, 0.1) is 6.10 Å². The summed E-state index contributed by atoms with van der Waals surface area (Å²) in [5.41, 5.74) is 3.61. The second-order valence-corrected chi connectivity index (χ2v) is 7.53. The molecule has 1 aliphatic heterocycles. The lowest BCUT2D eigenvalue weighted by Gasteiger charge is -2.36. The van der Waals surface area contributed by atoms with Crippen LogP contribution < -0.4 is 4.74 Å². The van der Waals surface area contributed by atoms with E-state index in [4.69, 9.17) is 4.74 Å². The van der Waals surface area contributed by atoms with E-state index in [-0.39, 0.29) is 12.0 Å². The van der Waals surface area contributed by atoms with E-state index in [9.17, 15) is 5.11 Å². The first-order valence-corrected chi connectivity index (χ1v) is 9.99. The number of rotatable bonds is 6. The number of nitrogens with zero attached hydrogens (tertiary/aromatic N) is 1. The van der Waals surface area contributed by atoms with Gasteiger partial charge in [-0.05, 0) is 41.8 Å². The summed E-state index contributed by atoms with van der Waals surface area (Å²) in [7, 11) is 0. The van der Waals surface area contributed by atoms with Gasteiger partial charge in [0.1, 0.15) is 12.4 Å². The van der Waals surface area contributed by atoms with Gasteiger partial charge in [-0.25, -0.2) is 0 Å². The van der Waals surface area contributed by atoms with E-state index in [1.165, 1.54) is 5.56 Å². The largest absolute Gasteiger partial charge is 0.489 e. The Morgan fingerprint density at radius 3 is 2.29 bits per heavy atom. The zero-order valence-electron chi connectivity index (χ0n) is 16.1. The summed E-state index contributed by atoms with van der Waals surface area (Å²) >= 11 is 0. The maximum Gasteiger partial charge on any atom is 0.120 e. The van der Waals surface area contributed by atoms with Crippen molar-refractivity contribution in [2.75, 3.05) is 13.1 Å². The van der Waals surface area contributed by atoms with Crippen LogP contribution in [0.4, 0.5) is 0 Å². The van der Waals surface area contributed by atoms with Crippen molar-refractivity contribution in [1.82, 2.24) is 4.90 Å². The van der Waals surface area contributed by atoms with Crippen LogP contribution in [-0.4, -0.2) is 29.2 Å². The van der Waals surface area contributed by atoms with E-state index in [0.717, 1.165) is 36.4 Å². The van der Waals surface area contributed by atoms with Gasteiger partial charge in [0.2, 0.25) is 0 Å². The number of piperidine rings is 1. The summed E-state index contributed by atoms with van der Waals surface area (Å²) in [4.78, 5) is 2.34. The van der Waals surface area contributed by atoms with E-state index in [2.05, 4.69) is 53.4 Å². The Kier molecular flexibility index (Phi) is 6.05. The van der Waals surface area contributed by atoms with Crippen molar-refractivity contribution in [3.63, 3.8) is 0 Å². The molecule has 0 bridgehead atoms. The molecule has 3 aromatic carbocycles. The first-order chi connectivity index (χ1) is 13.8. The molecule has 28 heavy (non-hydrogen) atoms. The highest BCUT2D eigenvalue weighted by Crippen LogP contribution is 2.31. The topological polar surface area (TPSA) is 32.7 Å². The number of likely N-dealkylation sites (tertiary alicyclic amines) is 1. The van der Waals surface area contributed by atoms with Crippen molar-refractivity contribution in [2.24, 2.45) is 0 Å². The molecule has 0 saturated carbocycles. The zero-order chi connectivity index (χ0) is 19.2. The van der Waals surface area contributed by atoms with Gasteiger partial charge in [0.25, 0.3) is 0 Å². The SMILES string of the molecule is O[C@H]1CN(Cc2ccccc2)CC[C@@H]1c1cccc(OCc2ccccc2)c1.